The fraction of sp³-hybridized carbons (Fsp3) is 0.231. The number of aryl methyl sites for hydroxylation is 1. The lowest BCUT2D eigenvalue weighted by Gasteiger charge is -2.07. The van der Waals surface area contributed by atoms with Crippen molar-refractivity contribution in [2.24, 2.45) is 0 Å². The van der Waals surface area contributed by atoms with E-state index in [0.717, 1.165) is 4.47 Å². The number of nitrogens with zero attached hydrogens (tertiary/aromatic N) is 1. The Labute approximate surface area is 128 Å². The number of hydrogen-bond donors (Lipinski definition) is 1. The van der Waals surface area contributed by atoms with Gasteiger partial charge >= 0.3 is 5.97 Å². The SMILES string of the molecule is CCn1cc(Br)cc1C(=O)Nc1ccsc1C(=O)OC. The van der Waals surface area contributed by atoms with Crippen LogP contribution in [0.3, 0.4) is 0 Å². The lowest BCUT2D eigenvalue weighted by molar-refractivity contribution is 0.0607. The minimum Gasteiger partial charge on any atom is -0.465 e. The molecular formula is C13H13BrN2O3S. The number of amides is 1. The van der Waals surface area contributed by atoms with Gasteiger partial charge in [0.25, 0.3) is 5.91 Å². The Balaban J connectivity index is 2.24. The van der Waals surface area contributed by atoms with Crippen LogP contribution in [-0.4, -0.2) is 23.6 Å². The lowest BCUT2D eigenvalue weighted by atomic mass is 10.3. The Hall–Kier alpha value is -1.60. The second-order valence-electron chi connectivity index (χ2n) is 3.94. The van der Waals surface area contributed by atoms with E-state index in [-0.39, 0.29) is 5.91 Å². The van der Waals surface area contributed by atoms with Crippen molar-refractivity contribution in [3.05, 3.63) is 38.8 Å². The summed E-state index contributed by atoms with van der Waals surface area (Å²) in [6.07, 6.45) is 1.84. The first-order chi connectivity index (χ1) is 9.56. The molecule has 0 aliphatic heterocycles. The molecule has 1 amide bonds. The molecule has 2 aromatic heterocycles. The van der Waals surface area contributed by atoms with E-state index in [0.29, 0.717) is 22.8 Å². The number of hydrogen-bond acceptors (Lipinski definition) is 4. The van der Waals surface area contributed by atoms with E-state index in [1.807, 2.05) is 17.7 Å². The summed E-state index contributed by atoms with van der Waals surface area (Å²) in [4.78, 5) is 24.2. The molecule has 0 saturated heterocycles. The average molecular weight is 357 g/mol. The monoisotopic (exact) mass is 356 g/mol. The molecule has 7 heteroatoms. The van der Waals surface area contributed by atoms with Gasteiger partial charge in [0.15, 0.2) is 0 Å². The number of carbonyl (C=O) groups excluding carboxylic acids is 2. The van der Waals surface area contributed by atoms with Gasteiger partial charge in [-0.25, -0.2) is 4.79 Å². The van der Waals surface area contributed by atoms with Gasteiger partial charge in [-0.1, -0.05) is 0 Å². The first kappa shape index (κ1) is 14.8. The molecule has 0 atom stereocenters. The molecule has 2 rings (SSSR count). The predicted octanol–water partition coefficient (Wildman–Crippen LogP) is 3.37. The first-order valence-corrected chi connectivity index (χ1v) is 7.57. The Morgan fingerprint density at radius 2 is 2.25 bits per heavy atom. The van der Waals surface area contributed by atoms with Gasteiger partial charge in [0, 0.05) is 17.2 Å². The van der Waals surface area contributed by atoms with Crippen molar-refractivity contribution < 1.29 is 14.3 Å². The highest BCUT2D eigenvalue weighted by Gasteiger charge is 2.18. The fourth-order valence-electron chi connectivity index (χ4n) is 1.77. The second kappa shape index (κ2) is 6.23. The number of esters is 1. The summed E-state index contributed by atoms with van der Waals surface area (Å²) in [5, 5.41) is 4.47. The third-order valence-corrected chi connectivity index (χ3v) is 4.05. The van der Waals surface area contributed by atoms with Gasteiger partial charge in [0.2, 0.25) is 0 Å². The molecule has 0 aromatic carbocycles. The molecule has 2 heterocycles. The maximum Gasteiger partial charge on any atom is 0.350 e. The fourth-order valence-corrected chi connectivity index (χ4v) is 3.00. The third kappa shape index (κ3) is 2.94. The quantitative estimate of drug-likeness (QED) is 0.854. The van der Waals surface area contributed by atoms with Gasteiger partial charge in [0.05, 0.1) is 12.8 Å². The minimum absolute atomic E-state index is 0.263. The molecule has 1 N–H and O–H groups in total. The highest BCUT2D eigenvalue weighted by Crippen LogP contribution is 2.24. The number of ether oxygens (including phenoxy) is 1. The van der Waals surface area contributed by atoms with Crippen molar-refractivity contribution >= 4 is 44.8 Å². The van der Waals surface area contributed by atoms with Crippen LogP contribution in [0.25, 0.3) is 0 Å². The Bertz CT molecular complexity index is 648. The maximum absolute atomic E-state index is 12.3. The summed E-state index contributed by atoms with van der Waals surface area (Å²) >= 11 is 4.58. The summed E-state index contributed by atoms with van der Waals surface area (Å²) in [5.74, 6) is -0.719. The van der Waals surface area contributed by atoms with E-state index < -0.39 is 5.97 Å². The van der Waals surface area contributed by atoms with Crippen LogP contribution in [0.1, 0.15) is 27.1 Å². The summed E-state index contributed by atoms with van der Waals surface area (Å²) < 4.78 is 7.34. The molecule has 0 bridgehead atoms. The predicted molar refractivity (Wildman–Crippen MR) is 81.4 cm³/mol. The molecule has 0 radical (unpaired) electrons. The molecule has 0 fully saturated rings. The highest BCUT2D eigenvalue weighted by molar-refractivity contribution is 9.10. The van der Waals surface area contributed by atoms with Gasteiger partial charge < -0.3 is 14.6 Å². The van der Waals surface area contributed by atoms with Crippen LogP contribution in [0.2, 0.25) is 0 Å². The van der Waals surface area contributed by atoms with Crippen molar-refractivity contribution in [3.63, 3.8) is 0 Å². The van der Waals surface area contributed by atoms with Crippen molar-refractivity contribution in [1.82, 2.24) is 4.57 Å². The van der Waals surface area contributed by atoms with Crippen LogP contribution in [0.4, 0.5) is 5.69 Å². The van der Waals surface area contributed by atoms with Crippen molar-refractivity contribution in [1.29, 1.82) is 0 Å². The molecule has 0 unspecified atom stereocenters. The molecule has 5 nitrogen and oxygen atoms in total. The van der Waals surface area contributed by atoms with Crippen LogP contribution in [0.5, 0.6) is 0 Å². The van der Waals surface area contributed by atoms with Crippen LogP contribution >= 0.6 is 27.3 Å². The highest BCUT2D eigenvalue weighted by atomic mass is 79.9. The van der Waals surface area contributed by atoms with E-state index in [1.54, 1.807) is 17.5 Å². The minimum atomic E-state index is -0.456. The molecular weight excluding hydrogens is 344 g/mol. The second-order valence-corrected chi connectivity index (χ2v) is 5.77. The van der Waals surface area contributed by atoms with Gasteiger partial charge in [-0.15, -0.1) is 11.3 Å². The zero-order chi connectivity index (χ0) is 14.7. The summed E-state index contributed by atoms with van der Waals surface area (Å²) in [5.41, 5.74) is 0.994. The largest absolute Gasteiger partial charge is 0.465 e. The third-order valence-electron chi connectivity index (χ3n) is 2.72. The number of aromatic nitrogens is 1. The molecule has 0 aliphatic rings. The van der Waals surface area contributed by atoms with E-state index in [1.165, 1.54) is 18.4 Å². The summed E-state index contributed by atoms with van der Waals surface area (Å²) in [7, 11) is 1.31. The van der Waals surface area contributed by atoms with Crippen LogP contribution in [0, 0.1) is 0 Å². The van der Waals surface area contributed by atoms with Crippen LogP contribution in [-0.2, 0) is 11.3 Å². The molecule has 106 valence electrons. The number of carbonyl (C=O) groups is 2. The van der Waals surface area contributed by atoms with Crippen molar-refractivity contribution in [2.45, 2.75) is 13.5 Å². The zero-order valence-electron chi connectivity index (χ0n) is 11.0. The molecule has 0 aliphatic carbocycles. The van der Waals surface area contributed by atoms with Crippen molar-refractivity contribution in [3.8, 4) is 0 Å². The normalized spacial score (nSPS) is 10.3. The van der Waals surface area contributed by atoms with Gasteiger partial charge in [-0.2, -0.15) is 0 Å². The summed E-state index contributed by atoms with van der Waals surface area (Å²) in [6.45, 7) is 2.63. The zero-order valence-corrected chi connectivity index (χ0v) is 13.4. The van der Waals surface area contributed by atoms with Gasteiger partial charge in [-0.05, 0) is 40.4 Å². The molecule has 0 spiro atoms. The number of anilines is 1. The molecule has 20 heavy (non-hydrogen) atoms. The van der Waals surface area contributed by atoms with E-state index in [9.17, 15) is 9.59 Å². The van der Waals surface area contributed by atoms with Crippen molar-refractivity contribution in [2.75, 3.05) is 12.4 Å². The van der Waals surface area contributed by atoms with E-state index in [4.69, 9.17) is 0 Å². The Morgan fingerprint density at radius 1 is 1.50 bits per heavy atom. The standard InChI is InChI=1S/C13H13BrN2O3S/c1-3-16-7-8(14)6-10(16)12(17)15-9-4-5-20-11(9)13(18)19-2/h4-7H,3H2,1-2H3,(H,15,17). The average Bonchev–Trinajstić information content (AvgIpc) is 3.04. The van der Waals surface area contributed by atoms with E-state index in [2.05, 4.69) is 26.0 Å². The Kier molecular flexibility index (Phi) is 4.61. The van der Waals surface area contributed by atoms with Crippen LogP contribution < -0.4 is 5.32 Å². The van der Waals surface area contributed by atoms with Gasteiger partial charge in [0.1, 0.15) is 10.6 Å². The number of methoxy groups -OCH3 is 1. The van der Waals surface area contributed by atoms with E-state index >= 15 is 0 Å². The summed E-state index contributed by atoms with van der Waals surface area (Å²) in [6, 6.07) is 3.42. The molecule has 2 aromatic rings. The first-order valence-electron chi connectivity index (χ1n) is 5.89. The number of nitrogens with one attached hydrogen (secondary N) is 1. The maximum atomic E-state index is 12.3. The number of halogens is 1. The lowest BCUT2D eigenvalue weighted by Crippen LogP contribution is -2.17. The smallest absolute Gasteiger partial charge is 0.350 e. The van der Waals surface area contributed by atoms with Gasteiger partial charge in [-0.3, -0.25) is 4.79 Å². The molecule has 0 saturated carbocycles. The number of thiophene rings is 1. The van der Waals surface area contributed by atoms with Crippen LogP contribution in [0.15, 0.2) is 28.2 Å². The number of rotatable bonds is 4. The Morgan fingerprint density at radius 3 is 2.90 bits per heavy atom. The topological polar surface area (TPSA) is 60.3 Å².